The Bertz CT molecular complexity index is 459. The molecule has 0 spiro atoms. The second-order valence-corrected chi connectivity index (χ2v) is 3.05. The van der Waals surface area contributed by atoms with Crippen LogP contribution in [0.15, 0.2) is 53.5 Å². The van der Waals surface area contributed by atoms with E-state index in [4.69, 9.17) is 0 Å². The van der Waals surface area contributed by atoms with Gasteiger partial charge in [0.1, 0.15) is 0 Å². The summed E-state index contributed by atoms with van der Waals surface area (Å²) in [4.78, 5) is 11.4. The maximum Gasteiger partial charge on any atom is 0.250 e. The minimum absolute atomic E-state index is 0.0183. The minimum Gasteiger partial charge on any atom is -0.311 e. The van der Waals surface area contributed by atoms with Gasteiger partial charge in [0.05, 0.1) is 6.54 Å². The summed E-state index contributed by atoms with van der Waals surface area (Å²) in [6.07, 6.45) is 1.78. The molecule has 0 saturated heterocycles. The van der Waals surface area contributed by atoms with Gasteiger partial charge in [-0.15, -0.1) is 0 Å². The maximum atomic E-state index is 11.4. The first-order chi connectivity index (χ1) is 6.86. The lowest BCUT2D eigenvalue weighted by molar-refractivity contribution is 0.758. The van der Waals surface area contributed by atoms with Crippen LogP contribution in [-0.4, -0.2) is 4.57 Å². The van der Waals surface area contributed by atoms with Crippen molar-refractivity contribution in [3.63, 3.8) is 0 Å². The highest BCUT2D eigenvalue weighted by atomic mass is 16.1. The molecule has 0 atom stereocenters. The monoisotopic (exact) mass is 184 g/mol. The van der Waals surface area contributed by atoms with Crippen LogP contribution in [0, 0.1) is 6.07 Å². The van der Waals surface area contributed by atoms with Gasteiger partial charge in [0.2, 0.25) is 0 Å². The van der Waals surface area contributed by atoms with E-state index < -0.39 is 0 Å². The van der Waals surface area contributed by atoms with Crippen LogP contribution in [0.1, 0.15) is 5.56 Å². The lowest BCUT2D eigenvalue weighted by atomic mass is 10.2. The van der Waals surface area contributed by atoms with Crippen molar-refractivity contribution in [2.45, 2.75) is 6.54 Å². The molecule has 1 heterocycles. The number of hydrogen-bond donors (Lipinski definition) is 0. The number of nitrogens with zero attached hydrogens (tertiary/aromatic N) is 1. The molecule has 0 aliphatic rings. The quantitative estimate of drug-likeness (QED) is 0.696. The molecule has 2 nitrogen and oxygen atoms in total. The summed E-state index contributed by atoms with van der Waals surface area (Å²) in [7, 11) is 0. The molecule has 1 aromatic heterocycles. The molecule has 0 fully saturated rings. The second-order valence-electron chi connectivity index (χ2n) is 3.05. The smallest absolute Gasteiger partial charge is 0.250 e. The third-order valence-corrected chi connectivity index (χ3v) is 2.01. The van der Waals surface area contributed by atoms with Gasteiger partial charge in [0.25, 0.3) is 5.56 Å². The molecule has 0 aliphatic heterocycles. The first-order valence-electron chi connectivity index (χ1n) is 4.47. The summed E-state index contributed by atoms with van der Waals surface area (Å²) < 4.78 is 1.66. The van der Waals surface area contributed by atoms with E-state index in [-0.39, 0.29) is 5.56 Å². The Morgan fingerprint density at radius 2 is 2.00 bits per heavy atom. The third-order valence-electron chi connectivity index (χ3n) is 2.01. The number of pyridine rings is 1. The van der Waals surface area contributed by atoms with Gasteiger partial charge < -0.3 is 4.57 Å². The largest absolute Gasteiger partial charge is 0.311 e. The number of rotatable bonds is 2. The van der Waals surface area contributed by atoms with Crippen LogP contribution in [0.25, 0.3) is 0 Å². The van der Waals surface area contributed by atoms with E-state index in [2.05, 4.69) is 6.07 Å². The lowest BCUT2D eigenvalue weighted by Crippen LogP contribution is -2.18. The molecule has 1 radical (unpaired) electrons. The second kappa shape index (κ2) is 3.92. The Morgan fingerprint density at radius 3 is 2.71 bits per heavy atom. The number of aromatic nitrogens is 1. The molecular weight excluding hydrogens is 174 g/mol. The Hall–Kier alpha value is -1.83. The molecule has 2 rings (SSSR count). The minimum atomic E-state index is 0.0183. The summed E-state index contributed by atoms with van der Waals surface area (Å²) in [6, 6.07) is 15.9. The fourth-order valence-corrected chi connectivity index (χ4v) is 1.30. The van der Waals surface area contributed by atoms with E-state index in [1.54, 1.807) is 22.9 Å². The van der Waals surface area contributed by atoms with Crippen molar-refractivity contribution in [1.82, 2.24) is 4.57 Å². The van der Waals surface area contributed by atoms with Gasteiger partial charge in [-0.05, 0) is 17.7 Å². The van der Waals surface area contributed by atoms with Crippen LogP contribution in [0.2, 0.25) is 0 Å². The highest BCUT2D eigenvalue weighted by Gasteiger charge is 1.95. The highest BCUT2D eigenvalue weighted by Crippen LogP contribution is 1.98. The van der Waals surface area contributed by atoms with Crippen LogP contribution in [-0.2, 0) is 6.54 Å². The Morgan fingerprint density at radius 1 is 1.14 bits per heavy atom. The van der Waals surface area contributed by atoms with Crippen LogP contribution < -0.4 is 5.56 Å². The predicted molar refractivity (Wildman–Crippen MR) is 55.1 cm³/mol. The van der Waals surface area contributed by atoms with E-state index in [0.29, 0.717) is 6.54 Å². The fourth-order valence-electron chi connectivity index (χ4n) is 1.30. The molecule has 0 amide bonds. The normalized spacial score (nSPS) is 10.0. The van der Waals surface area contributed by atoms with Gasteiger partial charge in [-0.3, -0.25) is 4.79 Å². The van der Waals surface area contributed by atoms with Crippen molar-refractivity contribution in [3.05, 3.63) is 70.6 Å². The van der Waals surface area contributed by atoms with E-state index in [0.717, 1.165) is 5.56 Å². The predicted octanol–water partition coefficient (Wildman–Crippen LogP) is 1.70. The first kappa shape index (κ1) is 8.75. The third kappa shape index (κ3) is 1.91. The molecule has 2 aromatic rings. The van der Waals surface area contributed by atoms with Gasteiger partial charge in [0, 0.05) is 12.3 Å². The van der Waals surface area contributed by atoms with Gasteiger partial charge in [-0.1, -0.05) is 30.3 Å². The van der Waals surface area contributed by atoms with Crippen molar-refractivity contribution < 1.29 is 0 Å². The molecule has 0 bridgehead atoms. The molecule has 0 N–H and O–H groups in total. The van der Waals surface area contributed by atoms with Crippen LogP contribution in [0.4, 0.5) is 0 Å². The van der Waals surface area contributed by atoms with Crippen molar-refractivity contribution in [3.8, 4) is 0 Å². The molecular formula is C12H10NO. The zero-order valence-electron chi connectivity index (χ0n) is 7.68. The molecule has 0 unspecified atom stereocenters. The maximum absolute atomic E-state index is 11.4. The lowest BCUT2D eigenvalue weighted by Gasteiger charge is -2.03. The van der Waals surface area contributed by atoms with Crippen molar-refractivity contribution >= 4 is 0 Å². The van der Waals surface area contributed by atoms with Gasteiger partial charge in [-0.2, -0.15) is 0 Å². The average Bonchev–Trinajstić information content (AvgIpc) is 2.23. The standard InChI is InChI=1S/C12H10NO/c14-12-8-4-5-9-13(12)10-11-6-2-1-3-7-11/h1-6,8-9H,10H2. The van der Waals surface area contributed by atoms with E-state index in [1.807, 2.05) is 30.3 Å². The number of hydrogen-bond acceptors (Lipinski definition) is 1. The summed E-state index contributed by atoms with van der Waals surface area (Å²) in [5, 5.41) is 0. The highest BCUT2D eigenvalue weighted by molar-refractivity contribution is 5.13. The van der Waals surface area contributed by atoms with Crippen LogP contribution in [0.5, 0.6) is 0 Å². The first-order valence-corrected chi connectivity index (χ1v) is 4.47. The Kier molecular flexibility index (Phi) is 2.45. The fraction of sp³-hybridized carbons (Fsp3) is 0.0833. The number of benzene rings is 1. The van der Waals surface area contributed by atoms with Crippen LogP contribution >= 0.6 is 0 Å². The summed E-state index contributed by atoms with van der Waals surface area (Å²) in [5.41, 5.74) is 1.03. The molecule has 1 aromatic carbocycles. The zero-order valence-corrected chi connectivity index (χ0v) is 7.68. The van der Waals surface area contributed by atoms with Crippen molar-refractivity contribution in [2.24, 2.45) is 0 Å². The van der Waals surface area contributed by atoms with Gasteiger partial charge >= 0.3 is 0 Å². The summed E-state index contributed by atoms with van der Waals surface area (Å²) in [6.45, 7) is 0.584. The van der Waals surface area contributed by atoms with Gasteiger partial charge in [0.15, 0.2) is 0 Å². The Labute approximate surface area is 82.4 Å². The molecule has 2 heteroatoms. The molecule has 0 saturated carbocycles. The SMILES string of the molecule is O=c1ccccn1Cc1[c]cccc1. The summed E-state index contributed by atoms with van der Waals surface area (Å²) >= 11 is 0. The average molecular weight is 184 g/mol. The van der Waals surface area contributed by atoms with Crippen LogP contribution in [0.3, 0.4) is 0 Å². The molecule has 14 heavy (non-hydrogen) atoms. The van der Waals surface area contributed by atoms with E-state index >= 15 is 0 Å². The zero-order chi connectivity index (χ0) is 9.80. The topological polar surface area (TPSA) is 22.0 Å². The van der Waals surface area contributed by atoms with Crippen molar-refractivity contribution in [1.29, 1.82) is 0 Å². The van der Waals surface area contributed by atoms with E-state index in [9.17, 15) is 4.79 Å². The van der Waals surface area contributed by atoms with E-state index in [1.165, 1.54) is 0 Å². The summed E-state index contributed by atoms with van der Waals surface area (Å²) in [5.74, 6) is 0. The Balaban J connectivity index is 2.28. The molecule has 69 valence electrons. The van der Waals surface area contributed by atoms with Gasteiger partial charge in [-0.25, -0.2) is 0 Å². The van der Waals surface area contributed by atoms with Crippen molar-refractivity contribution in [2.75, 3.05) is 0 Å². The molecule has 0 aliphatic carbocycles.